The average Bonchev–Trinajstić information content (AvgIpc) is 3.57. The first-order valence-corrected chi connectivity index (χ1v) is 12.8. The summed E-state index contributed by atoms with van der Waals surface area (Å²) in [5.41, 5.74) is 0.269. The molecular formula is C29H25F4N5O2. The lowest BCUT2D eigenvalue weighted by atomic mass is 9.94. The number of nitrogens with zero attached hydrogens (tertiary/aromatic N) is 4. The van der Waals surface area contributed by atoms with Crippen LogP contribution in [0, 0.1) is 11.7 Å². The number of hydrogen-bond donors (Lipinski definition) is 2. The van der Waals surface area contributed by atoms with Gasteiger partial charge < -0.3 is 19.4 Å². The van der Waals surface area contributed by atoms with Crippen molar-refractivity contribution in [2.45, 2.75) is 31.7 Å². The fourth-order valence-electron chi connectivity index (χ4n) is 4.91. The smallest absolute Gasteiger partial charge is 0.420 e. The molecule has 0 spiro atoms. The Balaban J connectivity index is 1.49. The number of hydrogen-bond acceptors (Lipinski definition) is 6. The van der Waals surface area contributed by atoms with Gasteiger partial charge in [-0.1, -0.05) is 36.4 Å². The van der Waals surface area contributed by atoms with Crippen LogP contribution in [-0.2, 0) is 19.8 Å². The van der Waals surface area contributed by atoms with Gasteiger partial charge in [-0.3, -0.25) is 0 Å². The number of benzene rings is 3. The van der Waals surface area contributed by atoms with Crippen molar-refractivity contribution in [2.24, 2.45) is 13.0 Å². The molecule has 206 valence electrons. The zero-order valence-corrected chi connectivity index (χ0v) is 21.4. The molecule has 7 nitrogen and oxygen atoms in total. The molecule has 0 radical (unpaired) electrons. The number of aliphatic hydroxyl groups is 1. The van der Waals surface area contributed by atoms with Gasteiger partial charge in [0.25, 0.3) is 0 Å². The largest absolute Gasteiger partial charge is 0.435 e. The summed E-state index contributed by atoms with van der Waals surface area (Å²) in [5.74, 6) is -0.494. The van der Waals surface area contributed by atoms with Crippen LogP contribution < -0.4 is 5.32 Å². The third-order valence-electron chi connectivity index (χ3n) is 7.09. The summed E-state index contributed by atoms with van der Waals surface area (Å²) in [6.07, 6.45) is -1.93. The first kappa shape index (κ1) is 26.1. The topological polar surface area (TPSA) is 89.0 Å². The van der Waals surface area contributed by atoms with Gasteiger partial charge >= 0.3 is 6.18 Å². The van der Waals surface area contributed by atoms with Gasteiger partial charge in [0.2, 0.25) is 5.89 Å². The highest BCUT2D eigenvalue weighted by Crippen LogP contribution is 2.43. The first-order chi connectivity index (χ1) is 19.2. The molecule has 5 aromatic rings. The second-order valence-electron chi connectivity index (χ2n) is 10.0. The molecule has 11 heteroatoms. The van der Waals surface area contributed by atoms with Gasteiger partial charge in [-0.15, -0.1) is 10.2 Å². The van der Waals surface area contributed by atoms with Crippen molar-refractivity contribution in [3.05, 3.63) is 77.9 Å². The number of aryl methyl sites for hydroxylation is 1. The van der Waals surface area contributed by atoms with Crippen LogP contribution in [0.15, 0.2) is 65.3 Å². The van der Waals surface area contributed by atoms with Crippen molar-refractivity contribution in [3.63, 3.8) is 0 Å². The molecule has 0 bridgehead atoms. The lowest BCUT2D eigenvalue weighted by molar-refractivity contribution is -0.136. The second-order valence-corrected chi connectivity index (χ2v) is 10.0. The van der Waals surface area contributed by atoms with Gasteiger partial charge in [0.05, 0.1) is 11.7 Å². The van der Waals surface area contributed by atoms with Crippen molar-refractivity contribution in [1.29, 1.82) is 0 Å². The number of oxazole rings is 1. The molecular weight excluding hydrogens is 526 g/mol. The lowest BCUT2D eigenvalue weighted by Gasteiger charge is -2.14. The molecule has 0 aliphatic heterocycles. The Labute approximate surface area is 226 Å². The van der Waals surface area contributed by atoms with E-state index in [1.807, 2.05) is 30.3 Å². The van der Waals surface area contributed by atoms with Crippen molar-refractivity contribution in [1.82, 2.24) is 25.1 Å². The second kappa shape index (κ2) is 10.1. The van der Waals surface area contributed by atoms with E-state index >= 15 is 4.39 Å². The molecule has 3 aromatic carbocycles. The Morgan fingerprint density at radius 3 is 2.55 bits per heavy atom. The third-order valence-corrected chi connectivity index (χ3v) is 7.09. The summed E-state index contributed by atoms with van der Waals surface area (Å²) in [4.78, 5) is 4.35. The summed E-state index contributed by atoms with van der Waals surface area (Å²) < 4.78 is 65.3. The van der Waals surface area contributed by atoms with Crippen LogP contribution in [0.5, 0.6) is 0 Å². The average molecular weight is 552 g/mol. The summed E-state index contributed by atoms with van der Waals surface area (Å²) in [5, 5.41) is 21.2. The van der Waals surface area contributed by atoms with Crippen LogP contribution in [0.1, 0.15) is 24.0 Å². The molecule has 6 rings (SSSR count). The van der Waals surface area contributed by atoms with Crippen LogP contribution in [0.25, 0.3) is 45.1 Å². The molecule has 1 aliphatic rings. The predicted octanol–water partition coefficient (Wildman–Crippen LogP) is 5.98. The number of aliphatic hydroxyl groups excluding tert-OH is 1. The van der Waals surface area contributed by atoms with E-state index in [4.69, 9.17) is 4.42 Å². The van der Waals surface area contributed by atoms with Gasteiger partial charge in [-0.2, -0.15) is 13.2 Å². The van der Waals surface area contributed by atoms with Gasteiger partial charge in [-0.05, 0) is 53.6 Å². The van der Waals surface area contributed by atoms with Crippen LogP contribution >= 0.6 is 0 Å². The van der Waals surface area contributed by atoms with Crippen molar-refractivity contribution >= 4 is 11.1 Å². The van der Waals surface area contributed by atoms with E-state index in [2.05, 4.69) is 20.5 Å². The maximum atomic E-state index is 15.6. The molecule has 40 heavy (non-hydrogen) atoms. The Morgan fingerprint density at radius 1 is 1.10 bits per heavy atom. The highest BCUT2D eigenvalue weighted by Gasteiger charge is 2.36. The van der Waals surface area contributed by atoms with E-state index in [-0.39, 0.29) is 36.0 Å². The maximum Gasteiger partial charge on any atom is 0.420 e. The van der Waals surface area contributed by atoms with Gasteiger partial charge in [0.15, 0.2) is 11.4 Å². The Kier molecular flexibility index (Phi) is 6.63. The van der Waals surface area contributed by atoms with Crippen LogP contribution in [0.4, 0.5) is 17.6 Å². The van der Waals surface area contributed by atoms with E-state index in [1.165, 1.54) is 18.5 Å². The summed E-state index contributed by atoms with van der Waals surface area (Å²) in [7, 11) is 1.69. The van der Waals surface area contributed by atoms with E-state index in [9.17, 15) is 18.3 Å². The molecule has 1 atom stereocenters. The number of aromatic nitrogens is 4. The number of fused-ring (bicyclic) bond motifs is 1. The van der Waals surface area contributed by atoms with Crippen molar-refractivity contribution in [3.8, 4) is 34.0 Å². The number of alkyl halides is 3. The van der Waals surface area contributed by atoms with E-state index in [0.29, 0.717) is 22.5 Å². The van der Waals surface area contributed by atoms with Gasteiger partial charge in [-0.25, -0.2) is 9.37 Å². The summed E-state index contributed by atoms with van der Waals surface area (Å²) in [6.45, 7) is 0.361. The summed E-state index contributed by atoms with van der Waals surface area (Å²) in [6, 6.07) is 14.5. The fraction of sp³-hybridized carbons (Fsp3) is 0.276. The van der Waals surface area contributed by atoms with Crippen LogP contribution in [0.2, 0.25) is 0 Å². The zero-order valence-electron chi connectivity index (χ0n) is 21.4. The predicted molar refractivity (Wildman–Crippen MR) is 140 cm³/mol. The lowest BCUT2D eigenvalue weighted by Crippen LogP contribution is -2.27. The molecule has 1 fully saturated rings. The number of nitrogens with one attached hydrogen (secondary N) is 1. The monoisotopic (exact) mass is 551 g/mol. The molecule has 0 unspecified atom stereocenters. The Morgan fingerprint density at radius 2 is 1.88 bits per heavy atom. The molecule has 2 heterocycles. The standard InChI is InChI=1S/C29H25F4N5O2/c1-38-15-35-37-27(38)24-19(17-5-3-2-4-6-17)9-10-21(30)25(24)28-36-22-12-16(13-34-14-23(39)18-7-8-18)11-20(26(22)40-28)29(31,32)33/h2-6,9-12,15,18,23,34,39H,7-8,13-14H2,1H3/t23-/m0/s1. The van der Waals surface area contributed by atoms with Crippen LogP contribution in [-0.4, -0.2) is 37.5 Å². The first-order valence-electron chi connectivity index (χ1n) is 12.8. The molecule has 2 N–H and O–H groups in total. The highest BCUT2D eigenvalue weighted by atomic mass is 19.4. The SMILES string of the molecule is Cn1cnnc1-c1c(-c2ccccc2)ccc(F)c1-c1nc2cc(CNC[C@H](O)C3CC3)cc(C(F)(F)F)c2o1. The van der Waals surface area contributed by atoms with E-state index in [1.54, 1.807) is 17.7 Å². The van der Waals surface area contributed by atoms with Gasteiger partial charge in [0, 0.05) is 25.7 Å². The molecule has 0 saturated heterocycles. The third kappa shape index (κ3) is 4.98. The molecule has 1 aliphatic carbocycles. The Bertz CT molecular complexity index is 1680. The van der Waals surface area contributed by atoms with Crippen molar-refractivity contribution < 1.29 is 27.1 Å². The highest BCUT2D eigenvalue weighted by molar-refractivity contribution is 5.92. The minimum atomic E-state index is -4.74. The molecule has 1 saturated carbocycles. The normalized spacial score (nSPS) is 14.7. The summed E-state index contributed by atoms with van der Waals surface area (Å²) >= 11 is 0. The van der Waals surface area contributed by atoms with Crippen molar-refractivity contribution in [2.75, 3.05) is 6.54 Å². The van der Waals surface area contributed by atoms with Gasteiger partial charge in [0.1, 0.15) is 23.2 Å². The fourth-order valence-corrected chi connectivity index (χ4v) is 4.91. The number of halogens is 4. The van der Waals surface area contributed by atoms with E-state index in [0.717, 1.165) is 24.5 Å². The quantitative estimate of drug-likeness (QED) is 0.231. The van der Waals surface area contributed by atoms with Crippen LogP contribution in [0.3, 0.4) is 0 Å². The molecule has 0 amide bonds. The molecule has 2 aromatic heterocycles. The van der Waals surface area contributed by atoms with E-state index < -0.39 is 29.2 Å². The maximum absolute atomic E-state index is 15.6. The number of rotatable bonds is 8. The minimum Gasteiger partial charge on any atom is -0.435 e. The zero-order chi connectivity index (χ0) is 28.0. The Hall–Kier alpha value is -4.09. The minimum absolute atomic E-state index is 0.0576.